The molecule has 4 nitrogen and oxygen atoms in total. The summed E-state index contributed by atoms with van der Waals surface area (Å²) >= 11 is 7.61. The number of rotatable bonds is 6. The molecule has 2 aromatic heterocycles. The van der Waals surface area contributed by atoms with Gasteiger partial charge in [0.2, 0.25) is 0 Å². The fourth-order valence-electron chi connectivity index (χ4n) is 2.00. The minimum atomic E-state index is -2.85. The number of anilines is 1. The second kappa shape index (κ2) is 7.55. The Balaban J connectivity index is 1.62. The van der Waals surface area contributed by atoms with E-state index in [9.17, 15) is 8.78 Å². The van der Waals surface area contributed by atoms with Gasteiger partial charge in [-0.25, -0.2) is 4.98 Å². The molecule has 0 atom stereocenters. The van der Waals surface area contributed by atoms with Crippen molar-refractivity contribution >= 4 is 28.1 Å². The van der Waals surface area contributed by atoms with Crippen LogP contribution in [-0.4, -0.2) is 16.6 Å². The number of alkyl halides is 2. The minimum absolute atomic E-state index is 0.0315. The summed E-state index contributed by atoms with van der Waals surface area (Å²) in [6, 6.07) is 10.6. The largest absolute Gasteiger partial charge is 0.433 e. The van der Waals surface area contributed by atoms with Crippen LogP contribution >= 0.6 is 22.9 Å². The van der Waals surface area contributed by atoms with Crippen molar-refractivity contribution in [3.8, 4) is 17.0 Å². The van der Waals surface area contributed by atoms with Crippen molar-refractivity contribution in [3.63, 3.8) is 0 Å². The summed E-state index contributed by atoms with van der Waals surface area (Å²) in [4.78, 5) is 8.55. The number of pyridine rings is 1. The molecule has 0 fully saturated rings. The summed E-state index contributed by atoms with van der Waals surface area (Å²) in [7, 11) is 0. The molecular formula is C16H12ClF2N3OS. The van der Waals surface area contributed by atoms with Gasteiger partial charge in [-0.15, -0.1) is 11.3 Å². The number of benzene rings is 1. The van der Waals surface area contributed by atoms with E-state index in [1.54, 1.807) is 6.07 Å². The maximum absolute atomic E-state index is 12.1. The predicted molar refractivity (Wildman–Crippen MR) is 90.8 cm³/mol. The average molecular weight is 368 g/mol. The molecule has 3 aromatic rings. The molecule has 8 heteroatoms. The lowest BCUT2D eigenvalue weighted by atomic mass is 10.2. The van der Waals surface area contributed by atoms with Gasteiger partial charge in [-0.05, 0) is 18.2 Å². The molecule has 0 saturated carbocycles. The number of hydrogen-bond acceptors (Lipinski definition) is 5. The van der Waals surface area contributed by atoms with Crippen LogP contribution in [0.5, 0.6) is 5.75 Å². The third-order valence-corrected chi connectivity index (χ3v) is 4.23. The van der Waals surface area contributed by atoms with E-state index in [0.717, 1.165) is 16.4 Å². The Hall–Kier alpha value is -2.25. The number of nitrogens with one attached hydrogen (secondary N) is 1. The number of hydrogen-bond donors (Lipinski definition) is 1. The molecule has 0 radical (unpaired) electrons. The fraction of sp³-hybridized carbons (Fsp3) is 0.125. The lowest BCUT2D eigenvalue weighted by Crippen LogP contribution is -2.04. The number of halogens is 3. The molecule has 0 amide bonds. The molecule has 0 aliphatic heterocycles. The van der Waals surface area contributed by atoms with Crippen LogP contribution in [0.3, 0.4) is 0 Å². The SMILES string of the molecule is FC(F)Oc1ccc(CNc2nc(-c3ccccc3Cl)cs2)nc1. The standard InChI is InChI=1S/C16H12ClF2N3OS/c17-13-4-2-1-3-12(13)14-9-24-16(22-14)21-7-10-5-6-11(8-20-10)23-15(18)19/h1-6,8-9,15H,7H2,(H,21,22). The first-order valence-corrected chi connectivity index (χ1v) is 8.21. The van der Waals surface area contributed by atoms with Crippen molar-refractivity contribution in [1.82, 2.24) is 9.97 Å². The Kier molecular flexibility index (Phi) is 5.22. The second-order valence-corrected chi connectivity index (χ2v) is 6.00. The molecule has 24 heavy (non-hydrogen) atoms. The predicted octanol–water partition coefficient (Wildman–Crippen LogP) is 5.07. The summed E-state index contributed by atoms with van der Waals surface area (Å²) in [6.07, 6.45) is 1.26. The molecule has 2 heterocycles. The van der Waals surface area contributed by atoms with E-state index in [1.807, 2.05) is 29.6 Å². The smallest absolute Gasteiger partial charge is 0.387 e. The number of thiazole rings is 1. The zero-order chi connectivity index (χ0) is 16.9. The van der Waals surface area contributed by atoms with Gasteiger partial charge in [0.1, 0.15) is 5.75 Å². The van der Waals surface area contributed by atoms with Gasteiger partial charge in [-0.2, -0.15) is 8.78 Å². The maximum atomic E-state index is 12.1. The highest BCUT2D eigenvalue weighted by Gasteiger charge is 2.08. The first kappa shape index (κ1) is 16.6. The van der Waals surface area contributed by atoms with Crippen LogP contribution in [0.2, 0.25) is 5.02 Å². The van der Waals surface area contributed by atoms with Crippen molar-refractivity contribution in [1.29, 1.82) is 0 Å². The van der Waals surface area contributed by atoms with Crippen LogP contribution in [-0.2, 0) is 6.54 Å². The third kappa shape index (κ3) is 4.18. The highest BCUT2D eigenvalue weighted by atomic mass is 35.5. The summed E-state index contributed by atoms with van der Waals surface area (Å²) in [6.45, 7) is -2.43. The van der Waals surface area contributed by atoms with Crippen LogP contribution in [0.1, 0.15) is 5.69 Å². The lowest BCUT2D eigenvalue weighted by Gasteiger charge is -2.05. The van der Waals surface area contributed by atoms with Gasteiger partial charge in [0.05, 0.1) is 24.1 Å². The summed E-state index contributed by atoms with van der Waals surface area (Å²) in [5, 5.41) is 6.42. The molecule has 0 unspecified atom stereocenters. The number of nitrogens with zero attached hydrogens (tertiary/aromatic N) is 2. The number of aromatic nitrogens is 2. The van der Waals surface area contributed by atoms with Crippen molar-refractivity contribution in [3.05, 3.63) is 58.7 Å². The molecule has 124 valence electrons. The minimum Gasteiger partial charge on any atom is -0.433 e. The van der Waals surface area contributed by atoms with E-state index >= 15 is 0 Å². The van der Waals surface area contributed by atoms with E-state index in [4.69, 9.17) is 11.6 Å². The van der Waals surface area contributed by atoms with Gasteiger partial charge in [0.25, 0.3) is 0 Å². The average Bonchev–Trinajstić information content (AvgIpc) is 3.03. The third-order valence-electron chi connectivity index (χ3n) is 3.10. The lowest BCUT2D eigenvalue weighted by molar-refractivity contribution is -0.0500. The summed E-state index contributed by atoms with van der Waals surface area (Å²) in [5.41, 5.74) is 2.35. The van der Waals surface area contributed by atoms with E-state index in [1.165, 1.54) is 23.6 Å². The molecule has 0 aliphatic carbocycles. The molecule has 0 saturated heterocycles. The highest BCUT2D eigenvalue weighted by molar-refractivity contribution is 7.14. The Morgan fingerprint density at radius 1 is 1.21 bits per heavy atom. The van der Waals surface area contributed by atoms with Crippen molar-refractivity contribution in [2.75, 3.05) is 5.32 Å². The fourth-order valence-corrected chi connectivity index (χ4v) is 2.94. The van der Waals surface area contributed by atoms with Gasteiger partial charge in [0, 0.05) is 16.0 Å². The Morgan fingerprint density at radius 2 is 2.04 bits per heavy atom. The zero-order valence-corrected chi connectivity index (χ0v) is 13.8. The highest BCUT2D eigenvalue weighted by Crippen LogP contribution is 2.30. The van der Waals surface area contributed by atoms with Gasteiger partial charge in [-0.1, -0.05) is 29.8 Å². The Bertz CT molecular complexity index is 811. The van der Waals surface area contributed by atoms with Gasteiger partial charge in [-0.3, -0.25) is 4.98 Å². The Morgan fingerprint density at radius 3 is 2.75 bits per heavy atom. The monoisotopic (exact) mass is 367 g/mol. The zero-order valence-electron chi connectivity index (χ0n) is 12.2. The van der Waals surface area contributed by atoms with Crippen molar-refractivity contribution in [2.45, 2.75) is 13.2 Å². The topological polar surface area (TPSA) is 47.0 Å². The van der Waals surface area contributed by atoms with Crippen LogP contribution in [0, 0.1) is 0 Å². The quantitative estimate of drug-likeness (QED) is 0.660. The van der Waals surface area contributed by atoms with E-state index < -0.39 is 6.61 Å². The first-order valence-electron chi connectivity index (χ1n) is 6.96. The molecule has 0 bridgehead atoms. The van der Waals surface area contributed by atoms with E-state index in [2.05, 4.69) is 20.0 Å². The van der Waals surface area contributed by atoms with Crippen LogP contribution in [0.15, 0.2) is 48.0 Å². The molecule has 1 aromatic carbocycles. The van der Waals surface area contributed by atoms with Crippen molar-refractivity contribution < 1.29 is 13.5 Å². The molecule has 0 aliphatic rings. The number of ether oxygens (including phenoxy) is 1. The van der Waals surface area contributed by atoms with Crippen molar-refractivity contribution in [2.24, 2.45) is 0 Å². The van der Waals surface area contributed by atoms with Gasteiger partial charge < -0.3 is 10.1 Å². The molecule has 1 N–H and O–H groups in total. The van der Waals surface area contributed by atoms with Crippen LogP contribution < -0.4 is 10.1 Å². The van der Waals surface area contributed by atoms with Crippen LogP contribution in [0.4, 0.5) is 13.9 Å². The first-order chi connectivity index (χ1) is 11.6. The second-order valence-electron chi connectivity index (χ2n) is 4.74. The summed E-state index contributed by atoms with van der Waals surface area (Å²) < 4.78 is 28.4. The van der Waals surface area contributed by atoms with Gasteiger partial charge >= 0.3 is 6.61 Å². The molecular weight excluding hydrogens is 356 g/mol. The molecule has 3 rings (SSSR count). The summed E-state index contributed by atoms with van der Waals surface area (Å²) in [5.74, 6) is 0.0315. The van der Waals surface area contributed by atoms with E-state index in [-0.39, 0.29) is 5.75 Å². The van der Waals surface area contributed by atoms with Gasteiger partial charge in [0.15, 0.2) is 5.13 Å². The normalized spacial score (nSPS) is 10.8. The maximum Gasteiger partial charge on any atom is 0.387 e. The molecule has 0 spiro atoms. The van der Waals surface area contributed by atoms with E-state index in [0.29, 0.717) is 17.3 Å². The van der Waals surface area contributed by atoms with Crippen LogP contribution in [0.25, 0.3) is 11.3 Å². The Labute approximate surface area is 146 Å².